The van der Waals surface area contributed by atoms with Crippen molar-refractivity contribution in [2.75, 3.05) is 13.6 Å². The molecule has 0 aliphatic heterocycles. The van der Waals surface area contributed by atoms with Gasteiger partial charge in [-0.2, -0.15) is 0 Å². The van der Waals surface area contributed by atoms with Gasteiger partial charge in [0.2, 0.25) is 0 Å². The molecule has 0 bridgehead atoms. The van der Waals surface area contributed by atoms with E-state index in [1.54, 1.807) is 4.90 Å². The molecule has 2 aromatic rings. The lowest BCUT2D eigenvalue weighted by Gasteiger charge is -2.14. The Morgan fingerprint density at radius 2 is 2.06 bits per heavy atom. The van der Waals surface area contributed by atoms with Crippen LogP contribution < -0.4 is 0 Å². The topological polar surface area (TPSA) is 36.1 Å². The number of aromatic nitrogens is 1. The summed E-state index contributed by atoms with van der Waals surface area (Å²) in [6, 6.07) is 5.83. The number of hydrogen-bond acceptors (Lipinski definition) is 1. The Hall–Kier alpha value is -1.77. The van der Waals surface area contributed by atoms with Gasteiger partial charge in [0, 0.05) is 35.8 Å². The Labute approximate surface area is 101 Å². The Kier molecular flexibility index (Phi) is 2.92. The van der Waals surface area contributed by atoms with Crippen molar-refractivity contribution >= 4 is 16.8 Å². The zero-order valence-electron chi connectivity index (χ0n) is 10.8. The van der Waals surface area contributed by atoms with Crippen LogP contribution in [0.1, 0.15) is 28.5 Å². The molecule has 0 atom stereocenters. The van der Waals surface area contributed by atoms with E-state index < -0.39 is 0 Å². The molecule has 0 unspecified atom stereocenters. The zero-order valence-corrected chi connectivity index (χ0v) is 10.8. The van der Waals surface area contributed by atoms with Crippen LogP contribution in [0.5, 0.6) is 0 Å². The van der Waals surface area contributed by atoms with Crippen LogP contribution in [0.3, 0.4) is 0 Å². The Balaban J connectivity index is 2.51. The van der Waals surface area contributed by atoms with Gasteiger partial charge >= 0.3 is 0 Å². The minimum Gasteiger partial charge on any atom is -0.358 e. The molecule has 2 rings (SSSR count). The number of carbonyl (C=O) groups excluding carboxylic acids is 1. The molecule has 1 aromatic heterocycles. The number of amides is 1. The smallest absolute Gasteiger partial charge is 0.253 e. The molecule has 3 nitrogen and oxygen atoms in total. The van der Waals surface area contributed by atoms with Crippen molar-refractivity contribution in [3.63, 3.8) is 0 Å². The first kappa shape index (κ1) is 11.7. The molecule has 0 saturated heterocycles. The lowest BCUT2D eigenvalue weighted by Crippen LogP contribution is -2.26. The lowest BCUT2D eigenvalue weighted by atomic mass is 10.1. The first-order chi connectivity index (χ1) is 8.04. The quantitative estimate of drug-likeness (QED) is 0.846. The molecule has 0 aliphatic rings. The summed E-state index contributed by atoms with van der Waals surface area (Å²) < 4.78 is 0. The molecule has 1 aromatic carbocycles. The number of H-pyrrole nitrogens is 1. The molecule has 17 heavy (non-hydrogen) atoms. The second-order valence-corrected chi connectivity index (χ2v) is 4.45. The van der Waals surface area contributed by atoms with Crippen molar-refractivity contribution in [1.29, 1.82) is 0 Å². The van der Waals surface area contributed by atoms with Crippen LogP contribution in [0.2, 0.25) is 0 Å². The first-order valence-electron chi connectivity index (χ1n) is 5.89. The molecule has 0 aliphatic carbocycles. The molecule has 1 heterocycles. The van der Waals surface area contributed by atoms with Gasteiger partial charge in [-0.25, -0.2) is 0 Å². The van der Waals surface area contributed by atoms with Crippen LogP contribution in [0.15, 0.2) is 18.2 Å². The van der Waals surface area contributed by atoms with Gasteiger partial charge in [-0.15, -0.1) is 0 Å². The summed E-state index contributed by atoms with van der Waals surface area (Å²) in [6.07, 6.45) is 0. The van der Waals surface area contributed by atoms with Gasteiger partial charge in [0.15, 0.2) is 0 Å². The largest absolute Gasteiger partial charge is 0.358 e. The van der Waals surface area contributed by atoms with Gasteiger partial charge in [0.25, 0.3) is 5.91 Å². The number of fused-ring (bicyclic) bond motifs is 1. The van der Waals surface area contributed by atoms with Gasteiger partial charge in [-0.05, 0) is 44.5 Å². The highest BCUT2D eigenvalue weighted by Gasteiger charge is 2.12. The maximum atomic E-state index is 12.1. The van der Waals surface area contributed by atoms with E-state index in [4.69, 9.17) is 0 Å². The molecule has 0 radical (unpaired) electrons. The third kappa shape index (κ3) is 1.93. The fourth-order valence-corrected chi connectivity index (χ4v) is 1.96. The molecule has 3 heteroatoms. The average molecular weight is 230 g/mol. The number of rotatable bonds is 2. The highest BCUT2D eigenvalue weighted by molar-refractivity contribution is 5.98. The first-order valence-corrected chi connectivity index (χ1v) is 5.89. The van der Waals surface area contributed by atoms with E-state index in [-0.39, 0.29) is 5.91 Å². The fourth-order valence-electron chi connectivity index (χ4n) is 1.96. The minimum atomic E-state index is 0.0765. The number of carbonyl (C=O) groups is 1. The van der Waals surface area contributed by atoms with E-state index in [1.807, 2.05) is 32.2 Å². The number of aryl methyl sites for hydroxylation is 2. The summed E-state index contributed by atoms with van der Waals surface area (Å²) in [5.74, 6) is 0.0765. The number of benzene rings is 1. The van der Waals surface area contributed by atoms with Crippen LogP contribution in [-0.4, -0.2) is 29.4 Å². The van der Waals surface area contributed by atoms with Crippen LogP contribution >= 0.6 is 0 Å². The third-order valence-electron chi connectivity index (χ3n) is 3.38. The molecular formula is C14H18N2O. The molecule has 1 N–H and O–H groups in total. The highest BCUT2D eigenvalue weighted by Crippen LogP contribution is 2.22. The van der Waals surface area contributed by atoms with Gasteiger partial charge in [0.1, 0.15) is 0 Å². The van der Waals surface area contributed by atoms with E-state index in [1.165, 1.54) is 5.56 Å². The third-order valence-corrected chi connectivity index (χ3v) is 3.38. The number of hydrogen-bond donors (Lipinski definition) is 1. The van der Waals surface area contributed by atoms with Crippen LogP contribution in [0, 0.1) is 13.8 Å². The molecule has 0 fully saturated rings. The van der Waals surface area contributed by atoms with Gasteiger partial charge in [-0.3, -0.25) is 4.79 Å². The Morgan fingerprint density at radius 1 is 1.35 bits per heavy atom. The number of nitrogens with zero attached hydrogens (tertiary/aromatic N) is 1. The average Bonchev–Trinajstić information content (AvgIpc) is 2.63. The van der Waals surface area contributed by atoms with Crippen molar-refractivity contribution in [2.24, 2.45) is 0 Å². The van der Waals surface area contributed by atoms with Gasteiger partial charge < -0.3 is 9.88 Å². The molecular weight excluding hydrogens is 212 g/mol. The predicted molar refractivity (Wildman–Crippen MR) is 70.4 cm³/mol. The summed E-state index contributed by atoms with van der Waals surface area (Å²) >= 11 is 0. The Bertz CT molecular complexity index is 569. The van der Waals surface area contributed by atoms with Gasteiger partial charge in [0.05, 0.1) is 0 Å². The number of aromatic amines is 1. The maximum absolute atomic E-state index is 12.1. The van der Waals surface area contributed by atoms with E-state index in [0.717, 1.165) is 28.7 Å². The summed E-state index contributed by atoms with van der Waals surface area (Å²) in [6.45, 7) is 6.82. The van der Waals surface area contributed by atoms with Crippen molar-refractivity contribution in [2.45, 2.75) is 20.8 Å². The molecule has 0 saturated carbocycles. The SMILES string of the molecule is CCN(C)C(=O)c1ccc2[nH]c(C)c(C)c2c1. The van der Waals surface area contributed by atoms with Crippen molar-refractivity contribution in [3.05, 3.63) is 35.0 Å². The number of nitrogens with one attached hydrogen (secondary N) is 1. The van der Waals surface area contributed by atoms with Crippen molar-refractivity contribution in [1.82, 2.24) is 9.88 Å². The van der Waals surface area contributed by atoms with E-state index in [2.05, 4.69) is 18.8 Å². The van der Waals surface area contributed by atoms with Crippen molar-refractivity contribution < 1.29 is 4.79 Å². The zero-order chi connectivity index (χ0) is 12.6. The maximum Gasteiger partial charge on any atom is 0.253 e. The second-order valence-electron chi connectivity index (χ2n) is 4.45. The van der Waals surface area contributed by atoms with E-state index in [9.17, 15) is 4.79 Å². The predicted octanol–water partition coefficient (Wildman–Crippen LogP) is 2.88. The summed E-state index contributed by atoms with van der Waals surface area (Å²) in [5, 5.41) is 1.14. The summed E-state index contributed by atoms with van der Waals surface area (Å²) in [5.41, 5.74) is 4.22. The van der Waals surface area contributed by atoms with Crippen molar-refractivity contribution in [3.8, 4) is 0 Å². The molecule has 0 spiro atoms. The molecule has 90 valence electrons. The highest BCUT2D eigenvalue weighted by atomic mass is 16.2. The van der Waals surface area contributed by atoms with E-state index >= 15 is 0 Å². The standard InChI is InChI=1S/C14H18N2O/c1-5-16(4)14(17)11-6-7-13-12(8-11)9(2)10(3)15-13/h6-8,15H,5H2,1-4H3. The monoisotopic (exact) mass is 230 g/mol. The summed E-state index contributed by atoms with van der Waals surface area (Å²) in [4.78, 5) is 17.1. The van der Waals surface area contributed by atoms with Crippen LogP contribution in [-0.2, 0) is 0 Å². The normalized spacial score (nSPS) is 10.8. The second kappa shape index (κ2) is 4.24. The van der Waals surface area contributed by atoms with Crippen LogP contribution in [0.25, 0.3) is 10.9 Å². The fraction of sp³-hybridized carbons (Fsp3) is 0.357. The molecule has 1 amide bonds. The lowest BCUT2D eigenvalue weighted by molar-refractivity contribution is 0.0802. The summed E-state index contributed by atoms with van der Waals surface area (Å²) in [7, 11) is 1.82. The van der Waals surface area contributed by atoms with Gasteiger partial charge in [-0.1, -0.05) is 0 Å². The van der Waals surface area contributed by atoms with E-state index in [0.29, 0.717) is 0 Å². The van der Waals surface area contributed by atoms with Crippen LogP contribution in [0.4, 0.5) is 0 Å². The Morgan fingerprint density at radius 3 is 2.71 bits per heavy atom. The minimum absolute atomic E-state index is 0.0765.